The maximum Gasteiger partial charge on any atom is 0.338 e. The Labute approximate surface area is 197 Å². The zero-order chi connectivity index (χ0) is 24.2. The zero-order valence-electron chi connectivity index (χ0n) is 18.8. The van der Waals surface area contributed by atoms with Gasteiger partial charge in [0.1, 0.15) is 5.76 Å². The highest BCUT2D eigenvalue weighted by Gasteiger charge is 2.47. The number of esters is 1. The van der Waals surface area contributed by atoms with Crippen LogP contribution in [0.4, 0.5) is 5.69 Å². The van der Waals surface area contributed by atoms with Crippen LogP contribution in [0, 0.1) is 5.92 Å². The minimum absolute atomic E-state index is 0.0235. The van der Waals surface area contributed by atoms with Crippen LogP contribution >= 0.6 is 0 Å². The molecule has 1 N–H and O–H groups in total. The number of ether oxygens (including phenoxy) is 1. The first-order valence-corrected chi connectivity index (χ1v) is 10.9. The van der Waals surface area contributed by atoms with Gasteiger partial charge in [-0.2, -0.15) is 0 Å². The van der Waals surface area contributed by atoms with Crippen LogP contribution in [0.5, 0.6) is 0 Å². The largest absolute Gasteiger partial charge is 0.507 e. The molecule has 0 spiro atoms. The second-order valence-electron chi connectivity index (χ2n) is 8.36. The van der Waals surface area contributed by atoms with Gasteiger partial charge in [0.25, 0.3) is 11.7 Å². The van der Waals surface area contributed by atoms with Crippen LogP contribution in [-0.2, 0) is 14.3 Å². The number of aliphatic hydroxyl groups is 1. The summed E-state index contributed by atoms with van der Waals surface area (Å²) >= 11 is 0. The van der Waals surface area contributed by atoms with Gasteiger partial charge in [0.15, 0.2) is 0 Å². The number of hydrogen-bond acceptors (Lipinski definition) is 6. The molecule has 1 aliphatic heterocycles. The van der Waals surface area contributed by atoms with Crippen molar-refractivity contribution in [3.63, 3.8) is 0 Å². The maximum absolute atomic E-state index is 13.2. The Kier molecular flexibility index (Phi) is 6.54. The average molecular weight is 456 g/mol. The monoisotopic (exact) mass is 456 g/mol. The number of rotatable bonds is 6. The number of nitrogens with zero attached hydrogens (tertiary/aromatic N) is 2. The third-order valence-corrected chi connectivity index (χ3v) is 5.42. The van der Waals surface area contributed by atoms with E-state index in [0.717, 1.165) is 0 Å². The molecule has 1 saturated heterocycles. The molecule has 1 aromatic heterocycles. The fraction of sp³-hybridized carbons (Fsp3) is 0.185. The van der Waals surface area contributed by atoms with Crippen molar-refractivity contribution >= 4 is 29.1 Å². The van der Waals surface area contributed by atoms with Gasteiger partial charge in [0.05, 0.1) is 23.8 Å². The molecule has 1 unspecified atom stereocenters. The Morgan fingerprint density at radius 2 is 1.71 bits per heavy atom. The number of aromatic nitrogens is 1. The van der Waals surface area contributed by atoms with E-state index in [1.165, 1.54) is 4.90 Å². The summed E-state index contributed by atoms with van der Waals surface area (Å²) in [6.45, 7) is 4.19. The molecule has 0 radical (unpaired) electrons. The molecule has 0 aliphatic carbocycles. The topological polar surface area (TPSA) is 96.8 Å². The minimum Gasteiger partial charge on any atom is -0.507 e. The molecule has 172 valence electrons. The molecule has 1 fully saturated rings. The molecule has 1 atom stereocenters. The summed E-state index contributed by atoms with van der Waals surface area (Å²) in [6.07, 6.45) is 3.14. The number of anilines is 1. The molecular weight excluding hydrogens is 432 g/mol. The highest BCUT2D eigenvalue weighted by molar-refractivity contribution is 6.51. The van der Waals surface area contributed by atoms with Gasteiger partial charge >= 0.3 is 5.97 Å². The third-order valence-electron chi connectivity index (χ3n) is 5.42. The molecule has 2 heterocycles. The molecule has 0 bridgehead atoms. The van der Waals surface area contributed by atoms with Crippen LogP contribution in [0.25, 0.3) is 5.76 Å². The van der Waals surface area contributed by atoms with Crippen molar-refractivity contribution in [1.82, 2.24) is 4.98 Å². The number of hydrogen-bond donors (Lipinski definition) is 1. The first-order chi connectivity index (χ1) is 16.4. The first-order valence-electron chi connectivity index (χ1n) is 10.9. The lowest BCUT2D eigenvalue weighted by Crippen LogP contribution is -2.29. The van der Waals surface area contributed by atoms with E-state index in [2.05, 4.69) is 4.98 Å². The zero-order valence-corrected chi connectivity index (χ0v) is 18.8. The fourth-order valence-corrected chi connectivity index (χ4v) is 3.79. The number of benzene rings is 2. The molecule has 1 amide bonds. The Morgan fingerprint density at radius 1 is 1.00 bits per heavy atom. The normalized spacial score (nSPS) is 17.3. The molecule has 34 heavy (non-hydrogen) atoms. The molecule has 3 aromatic rings. The smallest absolute Gasteiger partial charge is 0.338 e. The lowest BCUT2D eigenvalue weighted by Gasteiger charge is -2.25. The van der Waals surface area contributed by atoms with Gasteiger partial charge in [-0.3, -0.25) is 19.5 Å². The second kappa shape index (κ2) is 9.70. The average Bonchev–Trinajstić information content (AvgIpc) is 3.13. The van der Waals surface area contributed by atoms with Crippen molar-refractivity contribution in [1.29, 1.82) is 0 Å². The molecule has 2 aromatic carbocycles. The lowest BCUT2D eigenvalue weighted by molar-refractivity contribution is -0.132. The van der Waals surface area contributed by atoms with E-state index in [4.69, 9.17) is 4.74 Å². The lowest BCUT2D eigenvalue weighted by atomic mass is 9.96. The van der Waals surface area contributed by atoms with Crippen molar-refractivity contribution in [2.24, 2.45) is 5.92 Å². The molecular formula is C27H24N2O5. The van der Waals surface area contributed by atoms with E-state index in [9.17, 15) is 19.5 Å². The van der Waals surface area contributed by atoms with E-state index in [-0.39, 0.29) is 17.3 Å². The number of ketones is 1. The minimum atomic E-state index is -0.882. The van der Waals surface area contributed by atoms with Crippen LogP contribution in [0.1, 0.15) is 41.4 Å². The summed E-state index contributed by atoms with van der Waals surface area (Å²) in [7, 11) is 0. The number of amides is 1. The summed E-state index contributed by atoms with van der Waals surface area (Å²) < 4.78 is 5.26. The Bertz CT molecular complexity index is 1240. The van der Waals surface area contributed by atoms with Gasteiger partial charge < -0.3 is 9.84 Å². The number of aliphatic hydroxyl groups excluding tert-OH is 1. The Balaban J connectivity index is 1.77. The number of carbonyl (C=O) groups excluding carboxylic acids is 3. The van der Waals surface area contributed by atoms with Crippen molar-refractivity contribution in [2.45, 2.75) is 19.9 Å². The summed E-state index contributed by atoms with van der Waals surface area (Å²) in [5.41, 5.74) is 1.72. The number of pyridine rings is 1. The van der Waals surface area contributed by atoms with Gasteiger partial charge in [-0.1, -0.05) is 50.2 Å². The molecule has 7 nitrogen and oxygen atoms in total. The molecule has 0 saturated carbocycles. The van der Waals surface area contributed by atoms with Gasteiger partial charge in [0.2, 0.25) is 0 Å². The second-order valence-corrected chi connectivity index (χ2v) is 8.36. The number of Topliss-reactive ketones (excluding diaryl/α,β-unsaturated/α-hetero) is 1. The van der Waals surface area contributed by atoms with Crippen LogP contribution < -0.4 is 4.90 Å². The van der Waals surface area contributed by atoms with E-state index in [0.29, 0.717) is 29.0 Å². The SMILES string of the molecule is CC(C)COC(=O)c1ccc(N2C(=O)C(=O)/C(=C(/O)c3ccccc3)C2c2cccnc2)cc1. The van der Waals surface area contributed by atoms with E-state index in [1.807, 2.05) is 13.8 Å². The molecule has 1 aliphatic rings. The summed E-state index contributed by atoms with van der Waals surface area (Å²) in [6, 6.07) is 17.4. The summed E-state index contributed by atoms with van der Waals surface area (Å²) in [5, 5.41) is 11.0. The van der Waals surface area contributed by atoms with Gasteiger partial charge in [-0.25, -0.2) is 4.79 Å². The fourth-order valence-electron chi connectivity index (χ4n) is 3.79. The quantitative estimate of drug-likeness (QED) is 0.254. The third kappa shape index (κ3) is 4.45. The van der Waals surface area contributed by atoms with Crippen LogP contribution in [0.3, 0.4) is 0 Å². The van der Waals surface area contributed by atoms with E-state index in [1.54, 1.807) is 79.1 Å². The van der Waals surface area contributed by atoms with Gasteiger partial charge in [-0.05, 0) is 41.8 Å². The molecule has 7 heteroatoms. The first kappa shape index (κ1) is 22.9. The van der Waals surface area contributed by atoms with Gasteiger partial charge in [-0.15, -0.1) is 0 Å². The van der Waals surface area contributed by atoms with E-state index < -0.39 is 23.7 Å². The maximum atomic E-state index is 13.2. The van der Waals surface area contributed by atoms with Gasteiger partial charge in [0, 0.05) is 23.6 Å². The Morgan fingerprint density at radius 3 is 2.32 bits per heavy atom. The predicted octanol–water partition coefficient (Wildman–Crippen LogP) is 4.52. The Hall–Kier alpha value is -4.26. The van der Waals surface area contributed by atoms with Crippen molar-refractivity contribution in [2.75, 3.05) is 11.5 Å². The summed E-state index contributed by atoms with van der Waals surface area (Å²) in [5.74, 6) is -2.09. The van der Waals surface area contributed by atoms with E-state index >= 15 is 0 Å². The van der Waals surface area contributed by atoms with Crippen molar-refractivity contribution in [3.8, 4) is 0 Å². The standard InChI is InChI=1S/C27H24N2O5/c1-17(2)16-34-27(33)19-10-12-21(13-11-19)29-23(20-9-6-14-28-15-20)22(25(31)26(29)32)24(30)18-7-4-3-5-8-18/h3-15,17,23,30H,16H2,1-2H3/b24-22+. The van der Waals surface area contributed by atoms with Crippen LogP contribution in [-0.4, -0.2) is 34.4 Å². The number of carbonyl (C=O) groups is 3. The van der Waals surface area contributed by atoms with Crippen LogP contribution in [0.2, 0.25) is 0 Å². The highest BCUT2D eigenvalue weighted by atomic mass is 16.5. The van der Waals surface area contributed by atoms with Crippen molar-refractivity contribution in [3.05, 3.63) is 101 Å². The highest BCUT2D eigenvalue weighted by Crippen LogP contribution is 2.41. The summed E-state index contributed by atoms with van der Waals surface area (Å²) in [4.78, 5) is 44.0. The van der Waals surface area contributed by atoms with Crippen LogP contribution in [0.15, 0.2) is 84.7 Å². The predicted molar refractivity (Wildman–Crippen MR) is 127 cm³/mol. The van der Waals surface area contributed by atoms with Crippen molar-refractivity contribution < 1.29 is 24.2 Å². The molecule has 4 rings (SSSR count).